The van der Waals surface area contributed by atoms with Crippen LogP contribution in [0.4, 0.5) is 5.69 Å². The maximum atomic E-state index is 12.0. The van der Waals surface area contributed by atoms with E-state index in [0.717, 1.165) is 11.1 Å². The second kappa shape index (κ2) is 5.07. The molecule has 0 fully saturated rings. The van der Waals surface area contributed by atoms with Gasteiger partial charge in [0, 0.05) is 16.2 Å². The molecule has 104 valence electrons. The highest BCUT2D eigenvalue weighted by molar-refractivity contribution is 6.36. The van der Waals surface area contributed by atoms with Gasteiger partial charge in [0.05, 0.1) is 11.3 Å². The molecule has 0 saturated heterocycles. The van der Waals surface area contributed by atoms with Crippen molar-refractivity contribution in [3.05, 3.63) is 64.2 Å². The summed E-state index contributed by atoms with van der Waals surface area (Å²) in [5.74, 6) is -1.18. The van der Waals surface area contributed by atoms with Gasteiger partial charge in [0.2, 0.25) is 0 Å². The zero-order valence-electron chi connectivity index (χ0n) is 10.8. The molecule has 1 heterocycles. The zero-order chi connectivity index (χ0) is 15.0. The Bertz CT molecular complexity index is 779. The van der Waals surface area contributed by atoms with E-state index in [1.807, 2.05) is 0 Å². The molecule has 2 N–H and O–H groups in total. The fourth-order valence-electron chi connectivity index (χ4n) is 2.20. The van der Waals surface area contributed by atoms with Crippen LogP contribution in [0.1, 0.15) is 21.5 Å². The quantitative estimate of drug-likeness (QED) is 0.834. The van der Waals surface area contributed by atoms with E-state index in [9.17, 15) is 9.59 Å². The van der Waals surface area contributed by atoms with E-state index in [1.54, 1.807) is 36.4 Å². The summed E-state index contributed by atoms with van der Waals surface area (Å²) in [5.41, 5.74) is 2.96. The highest BCUT2D eigenvalue weighted by Gasteiger charge is 2.23. The Morgan fingerprint density at radius 1 is 1.14 bits per heavy atom. The fraction of sp³-hybridized carbons (Fsp3) is 0. The molecule has 0 atom stereocenters. The normalized spacial score (nSPS) is 14.9. The van der Waals surface area contributed by atoms with E-state index in [-0.39, 0.29) is 11.5 Å². The smallest absolute Gasteiger partial charge is 0.335 e. The molecule has 3 rings (SSSR count). The van der Waals surface area contributed by atoms with E-state index in [2.05, 4.69) is 5.32 Å². The first-order valence-corrected chi connectivity index (χ1v) is 6.59. The van der Waals surface area contributed by atoms with Gasteiger partial charge in [-0.05, 0) is 35.9 Å². The summed E-state index contributed by atoms with van der Waals surface area (Å²) >= 11 is 5.90. The van der Waals surface area contributed by atoms with Crippen molar-refractivity contribution in [2.24, 2.45) is 0 Å². The van der Waals surface area contributed by atoms with Gasteiger partial charge >= 0.3 is 5.97 Å². The lowest BCUT2D eigenvalue weighted by molar-refractivity contribution is -0.110. The van der Waals surface area contributed by atoms with Crippen molar-refractivity contribution in [2.75, 3.05) is 5.32 Å². The summed E-state index contributed by atoms with van der Waals surface area (Å²) in [6.07, 6.45) is 1.72. The number of carbonyl (C=O) groups is 2. The van der Waals surface area contributed by atoms with E-state index in [4.69, 9.17) is 16.7 Å². The van der Waals surface area contributed by atoms with Crippen molar-refractivity contribution in [1.82, 2.24) is 0 Å². The number of aromatic carboxylic acids is 1. The van der Waals surface area contributed by atoms with Crippen molar-refractivity contribution in [2.45, 2.75) is 0 Å². The minimum atomic E-state index is -0.979. The number of hydrogen-bond donors (Lipinski definition) is 2. The topological polar surface area (TPSA) is 66.4 Å². The number of hydrogen-bond acceptors (Lipinski definition) is 2. The highest BCUT2D eigenvalue weighted by Crippen LogP contribution is 2.34. The van der Waals surface area contributed by atoms with Crippen LogP contribution in [0.15, 0.2) is 42.5 Å². The van der Waals surface area contributed by atoms with Gasteiger partial charge in [-0.2, -0.15) is 0 Å². The Morgan fingerprint density at radius 2 is 1.86 bits per heavy atom. The lowest BCUT2D eigenvalue weighted by Crippen LogP contribution is -2.03. The van der Waals surface area contributed by atoms with Crippen LogP contribution in [-0.4, -0.2) is 17.0 Å². The Labute approximate surface area is 125 Å². The van der Waals surface area contributed by atoms with Crippen LogP contribution in [0.3, 0.4) is 0 Å². The third kappa shape index (κ3) is 2.53. The third-order valence-corrected chi connectivity index (χ3v) is 3.47. The SMILES string of the molecule is O=C1Nc2cc(Cl)ccc2C1=Cc1ccc(C(=O)O)cc1. The molecule has 5 heteroatoms. The first-order valence-electron chi connectivity index (χ1n) is 6.21. The fourth-order valence-corrected chi connectivity index (χ4v) is 2.37. The molecule has 2 aromatic rings. The minimum Gasteiger partial charge on any atom is -0.478 e. The first-order chi connectivity index (χ1) is 10.0. The number of halogens is 1. The van der Waals surface area contributed by atoms with Gasteiger partial charge in [0.1, 0.15) is 0 Å². The van der Waals surface area contributed by atoms with Crippen molar-refractivity contribution in [3.8, 4) is 0 Å². The average molecular weight is 300 g/mol. The number of fused-ring (bicyclic) bond motifs is 1. The largest absolute Gasteiger partial charge is 0.478 e. The molecule has 0 radical (unpaired) electrons. The van der Waals surface area contributed by atoms with Crippen LogP contribution < -0.4 is 5.32 Å². The summed E-state index contributed by atoms with van der Waals surface area (Å²) in [5, 5.41) is 12.2. The Kier molecular flexibility index (Phi) is 3.23. The summed E-state index contributed by atoms with van der Waals surface area (Å²) in [7, 11) is 0. The Hall–Kier alpha value is -2.59. The third-order valence-electron chi connectivity index (χ3n) is 3.23. The van der Waals surface area contributed by atoms with Crippen molar-refractivity contribution in [3.63, 3.8) is 0 Å². The van der Waals surface area contributed by atoms with Crippen LogP contribution >= 0.6 is 11.6 Å². The second-order valence-electron chi connectivity index (χ2n) is 4.63. The molecule has 0 aliphatic carbocycles. The van der Waals surface area contributed by atoms with Crippen LogP contribution in [0.2, 0.25) is 5.02 Å². The van der Waals surface area contributed by atoms with Gasteiger partial charge in [0.25, 0.3) is 5.91 Å². The van der Waals surface area contributed by atoms with Gasteiger partial charge in [-0.15, -0.1) is 0 Å². The van der Waals surface area contributed by atoms with E-state index in [1.165, 1.54) is 12.1 Å². The maximum Gasteiger partial charge on any atom is 0.335 e. The summed E-state index contributed by atoms with van der Waals surface area (Å²) in [6, 6.07) is 11.5. The molecule has 0 unspecified atom stereocenters. The highest BCUT2D eigenvalue weighted by atomic mass is 35.5. The van der Waals surface area contributed by atoms with E-state index in [0.29, 0.717) is 16.3 Å². The average Bonchev–Trinajstić information content (AvgIpc) is 2.75. The van der Waals surface area contributed by atoms with Crippen LogP contribution in [0.5, 0.6) is 0 Å². The molecule has 0 aromatic heterocycles. The summed E-state index contributed by atoms with van der Waals surface area (Å²) in [4.78, 5) is 22.8. The zero-order valence-corrected chi connectivity index (χ0v) is 11.5. The van der Waals surface area contributed by atoms with Crippen LogP contribution in [0, 0.1) is 0 Å². The van der Waals surface area contributed by atoms with Crippen molar-refractivity contribution >= 4 is 40.8 Å². The molecular weight excluding hydrogens is 290 g/mol. The first kappa shape index (κ1) is 13.4. The molecule has 21 heavy (non-hydrogen) atoms. The van der Waals surface area contributed by atoms with E-state index < -0.39 is 5.97 Å². The molecular formula is C16H10ClNO3. The molecule has 0 bridgehead atoms. The molecule has 0 saturated carbocycles. The van der Waals surface area contributed by atoms with Crippen molar-refractivity contribution < 1.29 is 14.7 Å². The minimum absolute atomic E-state index is 0.199. The van der Waals surface area contributed by atoms with E-state index >= 15 is 0 Å². The number of anilines is 1. The summed E-state index contributed by atoms with van der Waals surface area (Å²) < 4.78 is 0. The maximum absolute atomic E-state index is 12.0. The number of carboxylic acids is 1. The molecule has 0 spiro atoms. The number of benzene rings is 2. The van der Waals surface area contributed by atoms with Gasteiger partial charge in [-0.3, -0.25) is 4.79 Å². The Balaban J connectivity index is 2.00. The molecule has 1 amide bonds. The van der Waals surface area contributed by atoms with Gasteiger partial charge in [0.15, 0.2) is 0 Å². The molecule has 2 aromatic carbocycles. The van der Waals surface area contributed by atoms with Crippen LogP contribution in [-0.2, 0) is 4.79 Å². The van der Waals surface area contributed by atoms with Crippen LogP contribution in [0.25, 0.3) is 11.6 Å². The number of carbonyl (C=O) groups excluding carboxylic acids is 1. The molecule has 1 aliphatic rings. The van der Waals surface area contributed by atoms with Crippen molar-refractivity contribution in [1.29, 1.82) is 0 Å². The number of carboxylic acid groups (broad SMARTS) is 1. The molecule has 1 aliphatic heterocycles. The lowest BCUT2D eigenvalue weighted by atomic mass is 10.0. The van der Waals surface area contributed by atoms with Gasteiger partial charge in [-0.1, -0.05) is 29.8 Å². The second-order valence-corrected chi connectivity index (χ2v) is 5.07. The summed E-state index contributed by atoms with van der Waals surface area (Å²) in [6.45, 7) is 0. The monoisotopic (exact) mass is 299 g/mol. The number of nitrogens with one attached hydrogen (secondary N) is 1. The standard InChI is InChI=1S/C16H10ClNO3/c17-11-5-6-12-13(15(19)18-14(12)8-11)7-9-1-3-10(4-2-9)16(20)21/h1-8H,(H,18,19)(H,20,21). The lowest BCUT2D eigenvalue weighted by Gasteiger charge is -2.00. The number of amides is 1. The van der Waals surface area contributed by atoms with Gasteiger partial charge in [-0.25, -0.2) is 4.79 Å². The predicted molar refractivity (Wildman–Crippen MR) is 81.4 cm³/mol. The van der Waals surface area contributed by atoms with Gasteiger partial charge < -0.3 is 10.4 Å². The Morgan fingerprint density at radius 3 is 2.52 bits per heavy atom. The predicted octanol–water partition coefficient (Wildman–Crippen LogP) is 3.53. The number of rotatable bonds is 2. The molecule has 4 nitrogen and oxygen atoms in total.